The fraction of sp³-hybridized carbons (Fsp3) is 0.188. The van der Waals surface area contributed by atoms with Gasteiger partial charge >= 0.3 is 5.97 Å². The van der Waals surface area contributed by atoms with Gasteiger partial charge < -0.3 is 10.1 Å². The molecule has 0 saturated heterocycles. The van der Waals surface area contributed by atoms with Crippen LogP contribution in [0.1, 0.15) is 16.1 Å². The van der Waals surface area contributed by atoms with Crippen LogP contribution in [0.2, 0.25) is 0 Å². The average Bonchev–Trinajstić information content (AvgIpc) is 3.10. The molecule has 0 aliphatic heterocycles. The molecule has 3 aromatic rings. The van der Waals surface area contributed by atoms with E-state index in [1.165, 1.54) is 16.0 Å². The van der Waals surface area contributed by atoms with Crippen LogP contribution in [0.3, 0.4) is 0 Å². The molecular weight excluding hydrogens is 332 g/mol. The van der Waals surface area contributed by atoms with Crippen LogP contribution in [0.5, 0.6) is 0 Å². The summed E-state index contributed by atoms with van der Waals surface area (Å²) in [5, 5.41) is 12.0. The molecular formula is C16H12N2O3S2. The van der Waals surface area contributed by atoms with Crippen LogP contribution in [0.15, 0.2) is 30.3 Å². The third kappa shape index (κ3) is 3.33. The molecule has 1 amide bonds. The molecule has 0 radical (unpaired) electrons. The second-order valence-corrected chi connectivity index (χ2v) is 6.87. The van der Waals surface area contributed by atoms with E-state index < -0.39 is 11.9 Å². The number of fused-ring (bicyclic) bond motifs is 3. The Kier molecular flexibility index (Phi) is 4.55. The van der Waals surface area contributed by atoms with E-state index in [0.717, 1.165) is 14.8 Å². The van der Waals surface area contributed by atoms with Gasteiger partial charge in [0.25, 0.3) is 5.91 Å². The van der Waals surface area contributed by atoms with Crippen molar-refractivity contribution in [1.82, 2.24) is 5.32 Å². The molecule has 116 valence electrons. The molecule has 0 unspecified atom stereocenters. The van der Waals surface area contributed by atoms with E-state index in [9.17, 15) is 9.59 Å². The van der Waals surface area contributed by atoms with Crippen molar-refractivity contribution in [2.45, 2.75) is 6.42 Å². The maximum Gasteiger partial charge on any atom is 0.348 e. The second kappa shape index (κ2) is 6.77. The van der Waals surface area contributed by atoms with Crippen molar-refractivity contribution < 1.29 is 14.3 Å². The standard InChI is InChI=1S/C16H12N2O3S2/c17-6-3-7-18-14(19)9-21-16(20)13-8-12-15(23-13)10-4-1-2-5-11(10)22-12/h1-2,4-5,8H,3,7,9H2,(H,18,19). The van der Waals surface area contributed by atoms with Gasteiger partial charge in [-0.05, 0) is 12.1 Å². The average molecular weight is 344 g/mol. The Balaban J connectivity index is 1.67. The Labute approximate surface area is 140 Å². The van der Waals surface area contributed by atoms with Gasteiger partial charge in [0.1, 0.15) is 4.88 Å². The highest BCUT2D eigenvalue weighted by Crippen LogP contribution is 2.39. The second-order valence-electron chi connectivity index (χ2n) is 4.74. The van der Waals surface area contributed by atoms with Gasteiger partial charge in [-0.2, -0.15) is 5.26 Å². The maximum absolute atomic E-state index is 12.0. The van der Waals surface area contributed by atoms with Crippen molar-refractivity contribution in [1.29, 1.82) is 5.26 Å². The Morgan fingerprint density at radius 3 is 2.87 bits per heavy atom. The number of benzene rings is 1. The topological polar surface area (TPSA) is 79.2 Å². The van der Waals surface area contributed by atoms with E-state index in [1.54, 1.807) is 17.4 Å². The third-order valence-electron chi connectivity index (χ3n) is 3.14. The summed E-state index contributed by atoms with van der Waals surface area (Å²) in [4.78, 5) is 24.0. The van der Waals surface area contributed by atoms with Crippen LogP contribution >= 0.6 is 22.7 Å². The molecule has 0 aliphatic rings. The highest BCUT2D eigenvalue weighted by Gasteiger charge is 2.16. The lowest BCUT2D eigenvalue weighted by molar-refractivity contribution is -0.124. The summed E-state index contributed by atoms with van der Waals surface area (Å²) in [6, 6.07) is 11.8. The van der Waals surface area contributed by atoms with E-state index in [4.69, 9.17) is 10.00 Å². The summed E-state index contributed by atoms with van der Waals surface area (Å²) in [5.74, 6) is -0.907. The fourth-order valence-electron chi connectivity index (χ4n) is 2.11. The van der Waals surface area contributed by atoms with Gasteiger partial charge in [-0.3, -0.25) is 4.79 Å². The number of rotatable bonds is 5. The zero-order chi connectivity index (χ0) is 16.2. The zero-order valence-electron chi connectivity index (χ0n) is 12.0. The molecule has 2 aromatic heterocycles. The van der Waals surface area contributed by atoms with Gasteiger partial charge in [0.2, 0.25) is 0 Å². The van der Waals surface area contributed by atoms with E-state index in [1.807, 2.05) is 24.3 Å². The van der Waals surface area contributed by atoms with E-state index in [0.29, 0.717) is 4.88 Å². The summed E-state index contributed by atoms with van der Waals surface area (Å²) in [7, 11) is 0. The molecule has 0 fully saturated rings. The van der Waals surface area contributed by atoms with Gasteiger partial charge in [0.15, 0.2) is 6.61 Å². The minimum Gasteiger partial charge on any atom is -0.451 e. The highest BCUT2D eigenvalue weighted by atomic mass is 32.1. The van der Waals surface area contributed by atoms with Crippen LogP contribution in [-0.2, 0) is 9.53 Å². The minimum atomic E-state index is -0.502. The number of ether oxygens (including phenoxy) is 1. The van der Waals surface area contributed by atoms with Gasteiger partial charge in [0.05, 0.1) is 17.2 Å². The molecule has 1 aromatic carbocycles. The molecule has 0 aliphatic carbocycles. The van der Waals surface area contributed by atoms with E-state index in [-0.39, 0.29) is 19.6 Å². The van der Waals surface area contributed by atoms with Crippen molar-refractivity contribution in [3.05, 3.63) is 35.2 Å². The molecule has 23 heavy (non-hydrogen) atoms. The van der Waals surface area contributed by atoms with Crippen LogP contribution < -0.4 is 5.32 Å². The number of thiophene rings is 2. The van der Waals surface area contributed by atoms with Crippen molar-refractivity contribution in [3.8, 4) is 6.07 Å². The predicted octanol–water partition coefficient (Wildman–Crippen LogP) is 3.30. The van der Waals surface area contributed by atoms with Gasteiger partial charge in [-0.1, -0.05) is 18.2 Å². The number of nitrogens with one attached hydrogen (secondary N) is 1. The highest BCUT2D eigenvalue weighted by molar-refractivity contribution is 7.33. The number of hydrogen-bond acceptors (Lipinski definition) is 6. The van der Waals surface area contributed by atoms with Crippen molar-refractivity contribution in [2.75, 3.05) is 13.2 Å². The summed E-state index contributed by atoms with van der Waals surface area (Å²) in [6.07, 6.45) is 0.230. The lowest BCUT2D eigenvalue weighted by Crippen LogP contribution is -2.29. The van der Waals surface area contributed by atoms with Gasteiger partial charge in [-0.15, -0.1) is 22.7 Å². The first-order valence-electron chi connectivity index (χ1n) is 6.91. The summed E-state index contributed by atoms with van der Waals surface area (Å²) < 4.78 is 8.31. The first-order chi connectivity index (χ1) is 11.2. The van der Waals surface area contributed by atoms with Crippen molar-refractivity contribution in [2.24, 2.45) is 0 Å². The number of amides is 1. The predicted molar refractivity (Wildman–Crippen MR) is 90.7 cm³/mol. The zero-order valence-corrected chi connectivity index (χ0v) is 13.6. The SMILES string of the molecule is N#CCCNC(=O)COC(=O)c1cc2sc3ccccc3c2s1. The number of hydrogen-bond donors (Lipinski definition) is 1. The molecule has 7 heteroatoms. The molecule has 0 bridgehead atoms. The Hall–Kier alpha value is -2.43. The monoisotopic (exact) mass is 344 g/mol. The lowest BCUT2D eigenvalue weighted by Gasteiger charge is -2.03. The number of carbonyl (C=O) groups is 2. The fourth-order valence-corrected chi connectivity index (χ4v) is 4.53. The van der Waals surface area contributed by atoms with Crippen molar-refractivity contribution in [3.63, 3.8) is 0 Å². The lowest BCUT2D eigenvalue weighted by atomic mass is 10.2. The molecule has 5 nitrogen and oxygen atoms in total. The first kappa shape index (κ1) is 15.5. The van der Waals surface area contributed by atoms with Crippen LogP contribution in [0.4, 0.5) is 0 Å². The summed E-state index contributed by atoms with van der Waals surface area (Å²) >= 11 is 3.01. The normalized spacial score (nSPS) is 10.6. The smallest absolute Gasteiger partial charge is 0.348 e. The number of carbonyl (C=O) groups excluding carboxylic acids is 2. The molecule has 0 saturated carbocycles. The van der Waals surface area contributed by atoms with Gasteiger partial charge in [0, 0.05) is 21.3 Å². The van der Waals surface area contributed by atoms with Crippen LogP contribution in [0, 0.1) is 11.3 Å². The van der Waals surface area contributed by atoms with Crippen molar-refractivity contribution >= 4 is 54.0 Å². The van der Waals surface area contributed by atoms with Crippen LogP contribution in [0.25, 0.3) is 19.5 Å². The summed E-state index contributed by atoms with van der Waals surface area (Å²) in [5.41, 5.74) is 0. The Bertz CT molecular complexity index is 920. The maximum atomic E-state index is 12.0. The summed E-state index contributed by atoms with van der Waals surface area (Å²) in [6.45, 7) is -0.0792. The molecule has 0 spiro atoms. The molecule has 2 heterocycles. The quantitative estimate of drug-likeness (QED) is 0.569. The molecule has 3 rings (SSSR count). The Morgan fingerprint density at radius 2 is 2.04 bits per heavy atom. The Morgan fingerprint density at radius 1 is 1.22 bits per heavy atom. The van der Waals surface area contributed by atoms with Crippen LogP contribution in [-0.4, -0.2) is 25.0 Å². The van der Waals surface area contributed by atoms with Gasteiger partial charge in [-0.25, -0.2) is 4.79 Å². The molecule has 0 atom stereocenters. The largest absolute Gasteiger partial charge is 0.451 e. The van der Waals surface area contributed by atoms with E-state index in [2.05, 4.69) is 11.4 Å². The number of esters is 1. The number of nitriles is 1. The minimum absolute atomic E-state index is 0.230. The van der Waals surface area contributed by atoms with E-state index >= 15 is 0 Å². The third-order valence-corrected chi connectivity index (χ3v) is 5.54. The first-order valence-corrected chi connectivity index (χ1v) is 8.54. The molecule has 1 N–H and O–H groups in total. The number of nitrogens with zero attached hydrogens (tertiary/aromatic N) is 1.